The number of carboxylic acid groups (broad SMARTS) is 1. The van der Waals surface area contributed by atoms with E-state index in [4.69, 9.17) is 5.11 Å². The highest BCUT2D eigenvalue weighted by atomic mass is 16.4. The van der Waals surface area contributed by atoms with Crippen LogP contribution >= 0.6 is 0 Å². The molecule has 0 saturated carbocycles. The zero-order valence-electron chi connectivity index (χ0n) is 21.3. The van der Waals surface area contributed by atoms with E-state index in [1.165, 1.54) is 14.1 Å². The first kappa shape index (κ1) is 38.5. The van der Waals surface area contributed by atoms with Crippen molar-refractivity contribution in [2.45, 2.75) is 106 Å². The lowest BCUT2D eigenvalue weighted by molar-refractivity contribution is -0.139. The molecule has 0 bridgehead atoms. The second-order valence-electron chi connectivity index (χ2n) is 5.35. The predicted molar refractivity (Wildman–Crippen MR) is 125 cm³/mol. The van der Waals surface area contributed by atoms with Crippen molar-refractivity contribution in [3.8, 4) is 0 Å². The Balaban J connectivity index is -0.000000231. The Kier molecular flexibility index (Phi) is 37.3. The van der Waals surface area contributed by atoms with Crippen LogP contribution < -0.4 is 16.0 Å². The van der Waals surface area contributed by atoms with E-state index in [1.54, 1.807) is 6.92 Å². The molecule has 3 amide bonds. The van der Waals surface area contributed by atoms with Crippen LogP contribution in [-0.4, -0.2) is 48.4 Å². The summed E-state index contributed by atoms with van der Waals surface area (Å²) in [7, 11) is 3.05. The van der Waals surface area contributed by atoms with Crippen molar-refractivity contribution < 1.29 is 24.3 Å². The summed E-state index contributed by atoms with van der Waals surface area (Å²) in [5.41, 5.74) is -0.741. The molecule has 0 aliphatic heterocycles. The molecule has 0 aromatic carbocycles. The van der Waals surface area contributed by atoms with Gasteiger partial charge in [-0.3, -0.25) is 19.2 Å². The Hall–Kier alpha value is -2.12. The van der Waals surface area contributed by atoms with E-state index in [0.29, 0.717) is 12.8 Å². The van der Waals surface area contributed by atoms with E-state index >= 15 is 0 Å². The molecule has 0 aromatic heterocycles. The molecular formula is C22H49N3O5. The highest BCUT2D eigenvalue weighted by Crippen LogP contribution is 2.19. The second kappa shape index (κ2) is 29.1. The van der Waals surface area contributed by atoms with E-state index in [2.05, 4.69) is 16.0 Å². The zero-order valence-corrected chi connectivity index (χ0v) is 21.3. The van der Waals surface area contributed by atoms with Gasteiger partial charge in [-0.1, -0.05) is 55.4 Å². The minimum absolute atomic E-state index is 0.134. The van der Waals surface area contributed by atoms with E-state index in [0.717, 1.165) is 0 Å². The summed E-state index contributed by atoms with van der Waals surface area (Å²) in [6, 6.07) is 0. The van der Waals surface area contributed by atoms with Crippen molar-refractivity contribution in [3.05, 3.63) is 0 Å². The molecule has 30 heavy (non-hydrogen) atoms. The van der Waals surface area contributed by atoms with Gasteiger partial charge >= 0.3 is 5.97 Å². The molecule has 8 nitrogen and oxygen atoms in total. The molecule has 0 saturated heterocycles. The number of carbonyl (C=O) groups excluding carboxylic acids is 3. The molecule has 0 aliphatic carbocycles. The van der Waals surface area contributed by atoms with Gasteiger partial charge in [0.1, 0.15) is 0 Å². The van der Waals surface area contributed by atoms with Crippen LogP contribution in [0, 0.1) is 0 Å². The molecular weight excluding hydrogens is 386 g/mol. The quantitative estimate of drug-likeness (QED) is 0.414. The van der Waals surface area contributed by atoms with Crippen molar-refractivity contribution in [1.82, 2.24) is 16.0 Å². The first-order chi connectivity index (χ1) is 14.2. The van der Waals surface area contributed by atoms with Gasteiger partial charge in [0, 0.05) is 38.9 Å². The third-order valence-corrected chi connectivity index (χ3v) is 3.37. The standard InChI is InChI=1S/C14H25N3O5.4C2H6/c1-14(8-6-10(18)15-2,9-7-11(19)16-3)17-12(20)4-5-13(21)22;4*1-2/h4-9H2,1-3H3,(H,15,18)(H,16,19)(H,17,20)(H,21,22);4*1-2H3. The average Bonchev–Trinajstić information content (AvgIpc) is 2.79. The Bertz CT molecular complexity index is 407. The Morgan fingerprint density at radius 1 is 0.633 bits per heavy atom. The fourth-order valence-corrected chi connectivity index (χ4v) is 1.90. The molecule has 0 unspecified atom stereocenters. The molecule has 0 rings (SSSR count). The summed E-state index contributed by atoms with van der Waals surface area (Å²) in [4.78, 5) is 45.1. The number of rotatable bonds is 10. The molecule has 0 radical (unpaired) electrons. The summed E-state index contributed by atoms with van der Waals surface area (Å²) in [6.45, 7) is 17.7. The third kappa shape index (κ3) is 28.1. The van der Waals surface area contributed by atoms with E-state index in [9.17, 15) is 19.2 Å². The van der Waals surface area contributed by atoms with Gasteiger partial charge in [0.15, 0.2) is 0 Å². The third-order valence-electron chi connectivity index (χ3n) is 3.37. The maximum absolute atomic E-state index is 11.8. The summed E-state index contributed by atoms with van der Waals surface area (Å²) in [6.07, 6.45) is 0.753. The van der Waals surface area contributed by atoms with Crippen molar-refractivity contribution >= 4 is 23.7 Å². The lowest BCUT2D eigenvalue weighted by Gasteiger charge is -2.30. The van der Waals surface area contributed by atoms with Crippen LogP contribution in [0.4, 0.5) is 0 Å². The van der Waals surface area contributed by atoms with E-state index < -0.39 is 17.4 Å². The number of carbonyl (C=O) groups is 4. The molecule has 0 aromatic rings. The molecule has 0 heterocycles. The summed E-state index contributed by atoms with van der Waals surface area (Å²) >= 11 is 0. The smallest absolute Gasteiger partial charge is 0.303 e. The fourth-order valence-electron chi connectivity index (χ4n) is 1.90. The van der Waals surface area contributed by atoms with Crippen LogP contribution in [0.1, 0.15) is 101 Å². The second-order valence-corrected chi connectivity index (χ2v) is 5.35. The minimum Gasteiger partial charge on any atom is -0.481 e. The van der Waals surface area contributed by atoms with Crippen LogP contribution in [0.2, 0.25) is 0 Å². The molecule has 0 spiro atoms. The topological polar surface area (TPSA) is 125 Å². The van der Waals surface area contributed by atoms with E-state index in [-0.39, 0.29) is 37.5 Å². The predicted octanol–water partition coefficient (Wildman–Crippen LogP) is 3.88. The van der Waals surface area contributed by atoms with Gasteiger partial charge in [0.2, 0.25) is 17.7 Å². The van der Waals surface area contributed by atoms with Crippen molar-refractivity contribution in [2.75, 3.05) is 14.1 Å². The average molecular weight is 436 g/mol. The highest BCUT2D eigenvalue weighted by Gasteiger charge is 2.27. The summed E-state index contributed by atoms with van der Waals surface area (Å²) < 4.78 is 0. The molecule has 0 atom stereocenters. The number of hydrogen-bond donors (Lipinski definition) is 4. The van der Waals surface area contributed by atoms with Crippen LogP contribution in [0.25, 0.3) is 0 Å². The van der Waals surface area contributed by atoms with Crippen molar-refractivity contribution in [1.29, 1.82) is 0 Å². The normalized spacial score (nSPS) is 8.63. The van der Waals surface area contributed by atoms with Crippen LogP contribution in [0.3, 0.4) is 0 Å². The monoisotopic (exact) mass is 435 g/mol. The highest BCUT2D eigenvalue weighted by molar-refractivity contribution is 5.81. The Labute approximate surface area is 185 Å². The molecule has 0 fully saturated rings. The summed E-state index contributed by atoms with van der Waals surface area (Å²) in [5.74, 6) is -1.77. The van der Waals surface area contributed by atoms with E-state index in [1.807, 2.05) is 55.4 Å². The van der Waals surface area contributed by atoms with Crippen molar-refractivity contribution in [2.24, 2.45) is 0 Å². The number of hydrogen-bond acceptors (Lipinski definition) is 4. The van der Waals surface area contributed by atoms with Crippen molar-refractivity contribution in [3.63, 3.8) is 0 Å². The van der Waals surface area contributed by atoms with Gasteiger partial charge in [-0.05, 0) is 19.8 Å². The first-order valence-corrected chi connectivity index (χ1v) is 11.2. The number of amides is 3. The summed E-state index contributed by atoms with van der Waals surface area (Å²) in [5, 5.41) is 16.3. The Morgan fingerprint density at radius 3 is 1.23 bits per heavy atom. The Morgan fingerprint density at radius 2 is 0.967 bits per heavy atom. The number of nitrogens with one attached hydrogen (secondary N) is 3. The number of carboxylic acids is 1. The number of aliphatic carboxylic acids is 1. The molecule has 8 heteroatoms. The first-order valence-electron chi connectivity index (χ1n) is 11.2. The molecule has 182 valence electrons. The van der Waals surface area contributed by atoms with Gasteiger partial charge in [0.25, 0.3) is 0 Å². The van der Waals surface area contributed by atoms with Gasteiger partial charge in [-0.15, -0.1) is 0 Å². The minimum atomic E-state index is -1.05. The SMILES string of the molecule is CC.CC.CC.CC.CNC(=O)CCC(C)(CCC(=O)NC)NC(=O)CCC(=O)O. The van der Waals surface area contributed by atoms with Crippen LogP contribution in [-0.2, 0) is 19.2 Å². The van der Waals surface area contributed by atoms with Gasteiger partial charge in [-0.2, -0.15) is 0 Å². The van der Waals surface area contributed by atoms with Gasteiger partial charge in [-0.25, -0.2) is 0 Å². The van der Waals surface area contributed by atoms with Gasteiger partial charge in [0.05, 0.1) is 6.42 Å². The molecule has 4 N–H and O–H groups in total. The fraction of sp³-hybridized carbons (Fsp3) is 0.818. The van der Waals surface area contributed by atoms with Gasteiger partial charge < -0.3 is 21.1 Å². The largest absolute Gasteiger partial charge is 0.481 e. The maximum atomic E-state index is 11.8. The molecule has 0 aliphatic rings. The lowest BCUT2D eigenvalue weighted by atomic mass is 9.89. The maximum Gasteiger partial charge on any atom is 0.303 e. The van der Waals surface area contributed by atoms with Crippen LogP contribution in [0.5, 0.6) is 0 Å². The van der Waals surface area contributed by atoms with Crippen LogP contribution in [0.15, 0.2) is 0 Å². The zero-order chi connectivity index (χ0) is 25.2. The lowest BCUT2D eigenvalue weighted by Crippen LogP contribution is -2.47.